The first-order valence-electron chi connectivity index (χ1n) is 10.2. The summed E-state index contributed by atoms with van der Waals surface area (Å²) < 4.78 is 26.8. The first-order chi connectivity index (χ1) is 15.4. The van der Waals surface area contributed by atoms with Gasteiger partial charge in [-0.25, -0.2) is 8.42 Å². The van der Waals surface area contributed by atoms with E-state index in [9.17, 15) is 18.0 Å². The Bertz CT molecular complexity index is 1100. The third kappa shape index (κ3) is 7.88. The van der Waals surface area contributed by atoms with Crippen molar-refractivity contribution in [1.82, 2.24) is 10.2 Å². The Labute approximate surface area is 213 Å². The number of sulfonamides is 1. The molecule has 0 bridgehead atoms. The van der Waals surface area contributed by atoms with E-state index in [0.29, 0.717) is 27.8 Å². The summed E-state index contributed by atoms with van der Waals surface area (Å²) in [6.07, 6.45) is 1.77. The Morgan fingerprint density at radius 2 is 1.73 bits per heavy atom. The van der Waals surface area contributed by atoms with Crippen molar-refractivity contribution < 1.29 is 18.0 Å². The molecule has 7 nitrogen and oxygen atoms in total. The molecule has 0 fully saturated rings. The van der Waals surface area contributed by atoms with Gasteiger partial charge < -0.3 is 10.2 Å². The zero-order valence-corrected chi connectivity index (χ0v) is 22.4. The van der Waals surface area contributed by atoms with Gasteiger partial charge in [0.05, 0.1) is 22.0 Å². The quantitative estimate of drug-likeness (QED) is 0.451. The van der Waals surface area contributed by atoms with Gasteiger partial charge in [0, 0.05) is 17.6 Å². The summed E-state index contributed by atoms with van der Waals surface area (Å²) in [5.41, 5.74) is 0.995. The number of hydrogen-bond acceptors (Lipinski definition) is 4. The van der Waals surface area contributed by atoms with Gasteiger partial charge in [-0.1, -0.05) is 52.1 Å². The van der Waals surface area contributed by atoms with Crippen LogP contribution in [-0.2, 0) is 26.2 Å². The lowest BCUT2D eigenvalue weighted by Crippen LogP contribution is -2.51. The van der Waals surface area contributed by atoms with E-state index in [1.165, 1.54) is 4.90 Å². The third-order valence-electron chi connectivity index (χ3n) is 4.85. The maximum atomic E-state index is 13.4. The number of carbonyl (C=O) groups excluding carboxylic acids is 2. The van der Waals surface area contributed by atoms with E-state index >= 15 is 0 Å². The lowest BCUT2D eigenvalue weighted by molar-refractivity contribution is -0.139. The minimum atomic E-state index is -3.77. The highest BCUT2D eigenvalue weighted by molar-refractivity contribution is 9.10. The van der Waals surface area contributed by atoms with Crippen LogP contribution in [0, 0.1) is 0 Å². The fourth-order valence-electron chi connectivity index (χ4n) is 3.03. The molecular formula is C22H26BrCl2N3O4S. The molecule has 0 aromatic heterocycles. The summed E-state index contributed by atoms with van der Waals surface area (Å²) in [5, 5.41) is 3.46. The number of nitrogens with one attached hydrogen (secondary N) is 1. The van der Waals surface area contributed by atoms with Crippen LogP contribution in [0.25, 0.3) is 0 Å². The van der Waals surface area contributed by atoms with E-state index in [1.807, 2.05) is 6.92 Å². The zero-order chi connectivity index (χ0) is 24.8. The standard InChI is InChI=1S/C22H26BrCl2N3O4S/c1-4-11-26-22(30)15(2)27(13-16-5-10-19(24)20(25)12-16)21(29)14-28(33(3,31)32)18-8-6-17(23)7-9-18/h5-10,12,15H,4,11,13-14H2,1-3H3,(H,26,30)/t15-/m1/s1. The molecular weight excluding hydrogens is 553 g/mol. The highest BCUT2D eigenvalue weighted by Gasteiger charge is 2.30. The number of nitrogens with zero attached hydrogens (tertiary/aromatic N) is 2. The van der Waals surface area contributed by atoms with Crippen LogP contribution in [0.2, 0.25) is 10.0 Å². The van der Waals surface area contributed by atoms with E-state index in [2.05, 4.69) is 21.2 Å². The van der Waals surface area contributed by atoms with Crippen LogP contribution in [0.3, 0.4) is 0 Å². The van der Waals surface area contributed by atoms with Gasteiger partial charge >= 0.3 is 0 Å². The second-order valence-electron chi connectivity index (χ2n) is 7.48. The first-order valence-corrected chi connectivity index (χ1v) is 13.6. The highest BCUT2D eigenvalue weighted by Crippen LogP contribution is 2.25. The van der Waals surface area contributed by atoms with Gasteiger partial charge in [-0.05, 0) is 55.3 Å². The minimum Gasteiger partial charge on any atom is -0.354 e. The maximum absolute atomic E-state index is 13.4. The Balaban J connectivity index is 2.38. The molecule has 2 aromatic rings. The molecule has 0 aliphatic carbocycles. The SMILES string of the molecule is CCCNC(=O)[C@@H](C)N(Cc1ccc(Cl)c(Cl)c1)C(=O)CN(c1ccc(Br)cc1)S(C)(=O)=O. The third-order valence-corrected chi connectivity index (χ3v) is 7.26. The summed E-state index contributed by atoms with van der Waals surface area (Å²) in [6, 6.07) is 10.6. The second kappa shape index (κ2) is 12.1. The molecule has 1 N–H and O–H groups in total. The average molecular weight is 579 g/mol. The van der Waals surface area contributed by atoms with Crippen LogP contribution < -0.4 is 9.62 Å². The van der Waals surface area contributed by atoms with Gasteiger partial charge in [0.1, 0.15) is 12.6 Å². The Hall–Kier alpha value is -1.81. The molecule has 2 rings (SSSR count). The minimum absolute atomic E-state index is 0.0500. The number of halogens is 3. The summed E-state index contributed by atoms with van der Waals surface area (Å²) in [4.78, 5) is 27.4. The molecule has 2 aromatic carbocycles. The molecule has 0 saturated carbocycles. The van der Waals surface area contributed by atoms with Crippen molar-refractivity contribution in [2.24, 2.45) is 0 Å². The smallest absolute Gasteiger partial charge is 0.244 e. The normalized spacial score (nSPS) is 12.2. The van der Waals surface area contributed by atoms with Crippen LogP contribution >= 0.6 is 39.1 Å². The fourth-order valence-corrected chi connectivity index (χ4v) is 4.47. The molecule has 0 spiro atoms. The highest BCUT2D eigenvalue weighted by atomic mass is 79.9. The van der Waals surface area contributed by atoms with E-state index in [-0.39, 0.29) is 12.5 Å². The van der Waals surface area contributed by atoms with Gasteiger partial charge in [0.15, 0.2) is 0 Å². The predicted octanol–water partition coefficient (Wildman–Crippen LogP) is 4.47. The van der Waals surface area contributed by atoms with Crippen LogP contribution in [0.1, 0.15) is 25.8 Å². The molecule has 180 valence electrons. The van der Waals surface area contributed by atoms with Gasteiger partial charge in [0.25, 0.3) is 0 Å². The molecule has 0 aliphatic heterocycles. The summed E-state index contributed by atoms with van der Waals surface area (Å²) in [6.45, 7) is 3.57. The Morgan fingerprint density at radius 1 is 1.09 bits per heavy atom. The Kier molecular flexibility index (Phi) is 10.0. The van der Waals surface area contributed by atoms with Crippen LogP contribution in [0.15, 0.2) is 46.9 Å². The molecule has 0 radical (unpaired) electrons. The fraction of sp³-hybridized carbons (Fsp3) is 0.364. The number of rotatable bonds is 10. The molecule has 33 heavy (non-hydrogen) atoms. The van der Waals surface area contributed by atoms with Gasteiger partial charge in [-0.2, -0.15) is 0 Å². The lowest BCUT2D eigenvalue weighted by Gasteiger charge is -2.31. The van der Waals surface area contributed by atoms with E-state index in [1.54, 1.807) is 49.4 Å². The number of hydrogen-bond donors (Lipinski definition) is 1. The van der Waals surface area contributed by atoms with Crippen molar-refractivity contribution >= 4 is 66.7 Å². The Morgan fingerprint density at radius 3 is 2.27 bits per heavy atom. The van der Waals surface area contributed by atoms with Crippen molar-refractivity contribution in [2.75, 3.05) is 23.7 Å². The molecule has 0 unspecified atom stereocenters. The topological polar surface area (TPSA) is 86.8 Å². The van der Waals surface area contributed by atoms with E-state index in [4.69, 9.17) is 23.2 Å². The number of amides is 2. The molecule has 0 heterocycles. The maximum Gasteiger partial charge on any atom is 0.244 e. The van der Waals surface area contributed by atoms with Crippen molar-refractivity contribution in [3.63, 3.8) is 0 Å². The molecule has 2 amide bonds. The lowest BCUT2D eigenvalue weighted by atomic mass is 10.1. The average Bonchev–Trinajstić information content (AvgIpc) is 2.75. The van der Waals surface area contributed by atoms with Crippen molar-refractivity contribution in [3.05, 3.63) is 62.5 Å². The molecule has 11 heteroatoms. The molecule has 1 atom stereocenters. The van der Waals surface area contributed by atoms with Gasteiger partial charge in [0.2, 0.25) is 21.8 Å². The van der Waals surface area contributed by atoms with Crippen molar-refractivity contribution in [3.8, 4) is 0 Å². The largest absolute Gasteiger partial charge is 0.354 e. The first kappa shape index (κ1) is 27.4. The molecule has 0 saturated heterocycles. The van der Waals surface area contributed by atoms with Gasteiger partial charge in [-0.15, -0.1) is 0 Å². The second-order valence-corrected chi connectivity index (χ2v) is 11.1. The summed E-state index contributed by atoms with van der Waals surface area (Å²) >= 11 is 15.4. The summed E-state index contributed by atoms with van der Waals surface area (Å²) in [5.74, 6) is -0.867. The zero-order valence-electron chi connectivity index (χ0n) is 18.5. The number of anilines is 1. The van der Waals surface area contributed by atoms with Gasteiger partial charge in [-0.3, -0.25) is 13.9 Å². The van der Waals surface area contributed by atoms with Crippen molar-refractivity contribution in [1.29, 1.82) is 0 Å². The summed E-state index contributed by atoms with van der Waals surface area (Å²) in [7, 11) is -3.77. The number of carbonyl (C=O) groups is 2. The monoisotopic (exact) mass is 577 g/mol. The van der Waals surface area contributed by atoms with Crippen LogP contribution in [0.5, 0.6) is 0 Å². The number of benzene rings is 2. The predicted molar refractivity (Wildman–Crippen MR) is 136 cm³/mol. The van der Waals surface area contributed by atoms with Crippen LogP contribution in [0.4, 0.5) is 5.69 Å². The molecule has 0 aliphatic rings. The van der Waals surface area contributed by atoms with E-state index < -0.39 is 28.5 Å². The van der Waals surface area contributed by atoms with E-state index in [0.717, 1.165) is 21.5 Å². The van der Waals surface area contributed by atoms with Crippen LogP contribution in [-0.4, -0.2) is 50.5 Å². The van der Waals surface area contributed by atoms with Crippen molar-refractivity contribution in [2.45, 2.75) is 32.9 Å².